The zero-order chi connectivity index (χ0) is 28.5. The zero-order valence-electron chi connectivity index (χ0n) is 21.2. The van der Waals surface area contributed by atoms with E-state index < -0.39 is 31.3 Å². The lowest BCUT2D eigenvalue weighted by Crippen LogP contribution is -2.42. The van der Waals surface area contributed by atoms with Crippen molar-refractivity contribution < 1.29 is 21.2 Å². The summed E-state index contributed by atoms with van der Waals surface area (Å²) in [7, 11) is -7.87. The van der Waals surface area contributed by atoms with Crippen molar-refractivity contribution in [1.82, 2.24) is 9.73 Å². The predicted molar refractivity (Wildman–Crippen MR) is 153 cm³/mol. The quantitative estimate of drug-likeness (QED) is 0.326. The molecule has 210 valence electrons. The summed E-state index contributed by atoms with van der Waals surface area (Å²) in [5, 5.41) is 11.2. The van der Waals surface area contributed by atoms with Gasteiger partial charge in [0, 0.05) is 10.9 Å². The van der Waals surface area contributed by atoms with Gasteiger partial charge >= 0.3 is 0 Å². The Morgan fingerprint density at radius 1 is 0.975 bits per heavy atom. The molecule has 3 atom stereocenters. The van der Waals surface area contributed by atoms with Crippen molar-refractivity contribution in [2.75, 3.05) is 6.54 Å². The first kappa shape index (κ1) is 28.2. The summed E-state index contributed by atoms with van der Waals surface area (Å²) < 4.78 is 66.9. The second kappa shape index (κ2) is 11.3. The molecule has 0 unspecified atom stereocenters. The molecule has 1 aliphatic heterocycles. The van der Waals surface area contributed by atoms with Crippen LogP contribution in [0.15, 0.2) is 93.9 Å². The molecule has 13 heteroatoms. The summed E-state index contributed by atoms with van der Waals surface area (Å²) in [5.41, 5.74) is 2.22. The van der Waals surface area contributed by atoms with Crippen LogP contribution in [-0.4, -0.2) is 51.4 Å². The highest BCUT2D eigenvalue weighted by Gasteiger charge is 2.36. The number of hydrazone groups is 1. The zero-order valence-corrected chi connectivity index (χ0v) is 23.6. The highest BCUT2D eigenvalue weighted by Crippen LogP contribution is 2.31. The Morgan fingerprint density at radius 2 is 1.65 bits per heavy atom. The van der Waals surface area contributed by atoms with Gasteiger partial charge in [-0.25, -0.2) is 41.1 Å². The van der Waals surface area contributed by atoms with E-state index in [4.69, 9.17) is 21.8 Å². The number of nitrogens with one attached hydrogen (secondary N) is 1. The van der Waals surface area contributed by atoms with Gasteiger partial charge in [0.25, 0.3) is 10.0 Å². The first-order chi connectivity index (χ1) is 19.0. The van der Waals surface area contributed by atoms with Gasteiger partial charge in [0.1, 0.15) is 5.82 Å². The van der Waals surface area contributed by atoms with Gasteiger partial charge in [0.05, 0.1) is 28.4 Å². The van der Waals surface area contributed by atoms with E-state index in [0.717, 1.165) is 5.56 Å². The molecular formula is C27H27ClFN5O4S2. The Labute approximate surface area is 237 Å². The third-order valence-electron chi connectivity index (χ3n) is 6.98. The third kappa shape index (κ3) is 6.35. The molecule has 3 aromatic carbocycles. The topological polar surface area (TPSA) is 134 Å². The Bertz CT molecular complexity index is 1650. The molecule has 3 aromatic rings. The van der Waals surface area contributed by atoms with E-state index in [2.05, 4.69) is 9.71 Å². The molecule has 1 saturated carbocycles. The number of sulfonamides is 2. The van der Waals surface area contributed by atoms with E-state index in [1.807, 2.05) is 30.3 Å². The number of nitrogens with two attached hydrogens (primary N) is 1. The summed E-state index contributed by atoms with van der Waals surface area (Å²) in [6, 6.07) is 20.7. The van der Waals surface area contributed by atoms with Gasteiger partial charge in [-0.15, -0.1) is 0 Å². The first-order valence-electron chi connectivity index (χ1n) is 12.5. The number of aliphatic imine (C=N–C) groups is 1. The number of primary sulfonamides is 1. The molecular weight excluding hydrogens is 577 g/mol. The third-order valence-corrected chi connectivity index (χ3v) is 9.93. The van der Waals surface area contributed by atoms with Gasteiger partial charge in [0.15, 0.2) is 0 Å². The Kier molecular flexibility index (Phi) is 7.96. The summed E-state index contributed by atoms with van der Waals surface area (Å²) in [6.45, 7) is 0.240. The molecule has 5 rings (SSSR count). The minimum Gasteiger partial charge on any atom is -0.248 e. The van der Waals surface area contributed by atoms with Crippen molar-refractivity contribution >= 4 is 43.3 Å². The maximum absolute atomic E-state index is 13.7. The molecule has 0 amide bonds. The summed E-state index contributed by atoms with van der Waals surface area (Å²) >= 11 is 5.95. The molecule has 3 N–H and O–H groups in total. The van der Waals surface area contributed by atoms with Crippen molar-refractivity contribution in [1.29, 1.82) is 0 Å². The van der Waals surface area contributed by atoms with E-state index in [-0.39, 0.29) is 35.6 Å². The van der Waals surface area contributed by atoms with Crippen molar-refractivity contribution in [3.63, 3.8) is 0 Å². The van der Waals surface area contributed by atoms with Gasteiger partial charge in [-0.3, -0.25) is 0 Å². The van der Waals surface area contributed by atoms with Crippen LogP contribution in [0.25, 0.3) is 0 Å². The van der Waals surface area contributed by atoms with E-state index in [0.29, 0.717) is 29.1 Å². The van der Waals surface area contributed by atoms with Crippen molar-refractivity contribution in [2.45, 2.75) is 41.4 Å². The lowest BCUT2D eigenvalue weighted by molar-refractivity contribution is 0.456. The average molecular weight is 604 g/mol. The molecule has 0 aromatic heterocycles. The van der Waals surface area contributed by atoms with E-state index in [1.54, 1.807) is 12.1 Å². The van der Waals surface area contributed by atoms with Gasteiger partial charge in [-0.05, 0) is 66.8 Å². The second-order valence-corrected chi connectivity index (χ2v) is 13.7. The second-order valence-electron chi connectivity index (χ2n) is 9.73. The van der Waals surface area contributed by atoms with Crippen LogP contribution in [0.3, 0.4) is 0 Å². The normalized spacial score (nSPS) is 21.9. The van der Waals surface area contributed by atoms with Crippen molar-refractivity contribution in [3.8, 4) is 0 Å². The van der Waals surface area contributed by atoms with Crippen LogP contribution in [-0.2, 0) is 20.0 Å². The molecule has 9 nitrogen and oxygen atoms in total. The molecule has 0 saturated heterocycles. The highest BCUT2D eigenvalue weighted by molar-refractivity contribution is 7.90. The first-order valence-corrected chi connectivity index (χ1v) is 16.0. The number of hydrogen-bond donors (Lipinski definition) is 2. The monoisotopic (exact) mass is 603 g/mol. The SMILES string of the molecule is NS(=O)(=O)[C@@H]1CC[C@H](/N=C(\NS(=O)(=O)c2ccc(Cl)cc2)N2C[C@H](c3ccccc3)C(c3ccc(F)cc3)=N2)C1. The molecule has 1 aliphatic carbocycles. The number of benzene rings is 3. The molecule has 1 heterocycles. The largest absolute Gasteiger partial charge is 0.264 e. The maximum Gasteiger partial charge on any atom is 0.264 e. The number of nitrogens with zero attached hydrogens (tertiary/aromatic N) is 3. The maximum atomic E-state index is 13.7. The Balaban J connectivity index is 1.55. The molecule has 2 aliphatic rings. The summed E-state index contributed by atoms with van der Waals surface area (Å²) in [6.07, 6.45) is 0.897. The average Bonchev–Trinajstić information content (AvgIpc) is 3.57. The number of halogens is 2. The van der Waals surface area contributed by atoms with E-state index in [9.17, 15) is 21.2 Å². The lowest BCUT2D eigenvalue weighted by Gasteiger charge is -2.21. The highest BCUT2D eigenvalue weighted by atomic mass is 35.5. The minimum atomic E-state index is -4.11. The van der Waals surface area contributed by atoms with Gasteiger partial charge in [-0.2, -0.15) is 5.10 Å². The summed E-state index contributed by atoms with van der Waals surface area (Å²) in [5.74, 6) is -0.718. The fourth-order valence-electron chi connectivity index (χ4n) is 4.91. The Morgan fingerprint density at radius 3 is 2.27 bits per heavy atom. The van der Waals surface area contributed by atoms with E-state index >= 15 is 0 Å². The van der Waals surface area contributed by atoms with Crippen LogP contribution in [0.5, 0.6) is 0 Å². The Hall–Kier alpha value is -3.32. The van der Waals surface area contributed by atoms with Crippen LogP contribution < -0.4 is 9.86 Å². The van der Waals surface area contributed by atoms with E-state index in [1.165, 1.54) is 41.4 Å². The number of guanidine groups is 1. The minimum absolute atomic E-state index is 0.0278. The molecule has 0 radical (unpaired) electrons. The standard InChI is InChI=1S/C27H27ClFN5O4S2/c28-20-8-13-23(14-9-20)40(37,38)33-27(31-22-12-15-24(16-22)39(30,35)36)34-17-25(18-4-2-1-3-5-18)26(32-34)19-6-10-21(29)11-7-19/h1-11,13-14,22,24-25H,12,15-17H2,(H,31,33)(H2,30,35,36)/t22-,24+,25+/m0/s1. The van der Waals surface area contributed by atoms with Gasteiger partial charge in [0.2, 0.25) is 16.0 Å². The van der Waals surface area contributed by atoms with Crippen LogP contribution in [0.4, 0.5) is 4.39 Å². The summed E-state index contributed by atoms with van der Waals surface area (Å²) in [4.78, 5) is 4.63. The molecule has 0 spiro atoms. The fraction of sp³-hybridized carbons (Fsp3) is 0.259. The van der Waals surface area contributed by atoms with Crippen molar-refractivity contribution in [2.24, 2.45) is 15.2 Å². The van der Waals surface area contributed by atoms with Gasteiger partial charge in [-0.1, -0.05) is 54.1 Å². The molecule has 40 heavy (non-hydrogen) atoms. The molecule has 1 fully saturated rings. The van der Waals surface area contributed by atoms with Crippen LogP contribution in [0, 0.1) is 5.82 Å². The van der Waals surface area contributed by atoms with Crippen LogP contribution >= 0.6 is 11.6 Å². The smallest absolute Gasteiger partial charge is 0.248 e. The molecule has 0 bridgehead atoms. The predicted octanol–water partition coefficient (Wildman–Crippen LogP) is 3.83. The lowest BCUT2D eigenvalue weighted by atomic mass is 9.91. The number of hydrogen-bond acceptors (Lipinski definition) is 6. The van der Waals surface area contributed by atoms with Crippen molar-refractivity contribution in [3.05, 3.63) is 101 Å². The fourth-order valence-corrected chi connectivity index (χ4v) is 7.00. The van der Waals surface area contributed by atoms with Crippen LogP contribution in [0.1, 0.15) is 36.3 Å². The van der Waals surface area contributed by atoms with Crippen LogP contribution in [0.2, 0.25) is 5.02 Å². The number of rotatable bonds is 6. The van der Waals surface area contributed by atoms with Gasteiger partial charge < -0.3 is 0 Å².